The van der Waals surface area contributed by atoms with Gasteiger partial charge in [0.15, 0.2) is 6.29 Å². The number of nitrogens with zero attached hydrogens (tertiary/aromatic N) is 1. The maximum absolute atomic E-state index is 11.5. The van der Waals surface area contributed by atoms with Gasteiger partial charge in [0.25, 0.3) is 0 Å². The van der Waals surface area contributed by atoms with Crippen LogP contribution in [0, 0.1) is 5.92 Å². The lowest BCUT2D eigenvalue weighted by atomic mass is 10.0. The number of ether oxygens (including phenoxy) is 2. The van der Waals surface area contributed by atoms with Crippen LogP contribution < -0.4 is 14.4 Å². The van der Waals surface area contributed by atoms with Crippen LogP contribution in [-0.4, -0.2) is 17.4 Å². The Morgan fingerprint density at radius 3 is 1.50 bits per heavy atom. The van der Waals surface area contributed by atoms with Crippen molar-refractivity contribution in [3.05, 3.63) is 140 Å². The van der Waals surface area contributed by atoms with Crippen molar-refractivity contribution in [2.24, 2.45) is 5.92 Å². The maximum Gasteiger partial charge on any atom is 0.335 e. The van der Waals surface area contributed by atoms with E-state index in [9.17, 15) is 9.90 Å². The SMILES string of the molecule is C=CC(=O)Oc1ccc(-c2ccc(N(c3ccc(O[C@H](O)C(C)C)cc3)c3ccc(-c4ccccc4)cc3)cc2)cc1. The van der Waals surface area contributed by atoms with Gasteiger partial charge in [0, 0.05) is 29.1 Å². The minimum absolute atomic E-state index is 0.0128. The lowest BCUT2D eigenvalue weighted by molar-refractivity contribution is -0.128. The van der Waals surface area contributed by atoms with E-state index >= 15 is 0 Å². The fourth-order valence-electron chi connectivity index (χ4n) is 4.51. The Morgan fingerprint density at radius 2 is 1.05 bits per heavy atom. The largest absolute Gasteiger partial charge is 0.465 e. The molecule has 1 atom stereocenters. The molecule has 0 unspecified atom stereocenters. The van der Waals surface area contributed by atoms with E-state index in [1.807, 2.05) is 68.4 Å². The molecule has 5 nitrogen and oxygen atoms in total. The average molecular weight is 556 g/mol. The first kappa shape index (κ1) is 28.4. The van der Waals surface area contributed by atoms with Crippen molar-refractivity contribution in [2.75, 3.05) is 4.90 Å². The zero-order valence-corrected chi connectivity index (χ0v) is 23.7. The van der Waals surface area contributed by atoms with E-state index in [0.29, 0.717) is 11.5 Å². The molecule has 5 aromatic rings. The molecule has 0 fully saturated rings. The Morgan fingerprint density at radius 1 is 0.643 bits per heavy atom. The van der Waals surface area contributed by atoms with Crippen LogP contribution in [0.5, 0.6) is 11.5 Å². The second-order valence-corrected chi connectivity index (χ2v) is 10.2. The van der Waals surface area contributed by atoms with E-state index in [-0.39, 0.29) is 5.92 Å². The third-order valence-electron chi connectivity index (χ3n) is 6.85. The lowest BCUT2D eigenvalue weighted by Gasteiger charge is -2.26. The molecule has 1 N–H and O–H groups in total. The van der Waals surface area contributed by atoms with Gasteiger partial charge in [-0.1, -0.05) is 87.2 Å². The second kappa shape index (κ2) is 13.0. The molecule has 0 amide bonds. The minimum atomic E-state index is -0.867. The number of benzene rings is 5. The lowest BCUT2D eigenvalue weighted by Crippen LogP contribution is -2.22. The van der Waals surface area contributed by atoms with Crippen molar-refractivity contribution in [3.63, 3.8) is 0 Å². The summed E-state index contributed by atoms with van der Waals surface area (Å²) < 4.78 is 10.9. The van der Waals surface area contributed by atoms with E-state index in [2.05, 4.69) is 72.1 Å². The summed E-state index contributed by atoms with van der Waals surface area (Å²) in [6.45, 7) is 7.26. The molecule has 0 saturated heterocycles. The Bertz CT molecular complexity index is 1610. The Balaban J connectivity index is 1.45. The summed E-state index contributed by atoms with van der Waals surface area (Å²) in [5.74, 6) is 0.580. The summed E-state index contributed by atoms with van der Waals surface area (Å²) in [6, 6.07) is 42.2. The Kier molecular flexibility index (Phi) is 8.81. The van der Waals surface area contributed by atoms with Crippen LogP contribution >= 0.6 is 0 Å². The second-order valence-electron chi connectivity index (χ2n) is 10.2. The first-order valence-electron chi connectivity index (χ1n) is 13.9. The topological polar surface area (TPSA) is 59.0 Å². The summed E-state index contributed by atoms with van der Waals surface area (Å²) in [7, 11) is 0. The van der Waals surface area contributed by atoms with Crippen molar-refractivity contribution >= 4 is 23.0 Å². The predicted octanol–water partition coefficient (Wildman–Crippen LogP) is 8.94. The number of carbonyl (C=O) groups is 1. The first-order valence-corrected chi connectivity index (χ1v) is 13.9. The van der Waals surface area contributed by atoms with E-state index in [4.69, 9.17) is 9.47 Å². The highest BCUT2D eigenvalue weighted by Gasteiger charge is 2.15. The summed E-state index contributed by atoms with van der Waals surface area (Å²) in [5.41, 5.74) is 7.29. The number of hydrogen-bond donors (Lipinski definition) is 1. The molecule has 0 aliphatic heterocycles. The summed E-state index contributed by atoms with van der Waals surface area (Å²) >= 11 is 0. The number of carbonyl (C=O) groups excluding carboxylic acids is 1. The number of aliphatic hydroxyl groups is 1. The zero-order chi connectivity index (χ0) is 29.5. The molecule has 5 rings (SSSR count). The van der Waals surface area contributed by atoms with Gasteiger partial charge >= 0.3 is 5.97 Å². The summed E-state index contributed by atoms with van der Waals surface area (Å²) in [6.07, 6.45) is 0.275. The molecule has 5 aromatic carbocycles. The first-order chi connectivity index (χ1) is 20.4. The van der Waals surface area contributed by atoms with Crippen molar-refractivity contribution in [2.45, 2.75) is 20.1 Å². The van der Waals surface area contributed by atoms with Gasteiger partial charge in [-0.05, 0) is 82.9 Å². The van der Waals surface area contributed by atoms with Crippen LogP contribution in [0.25, 0.3) is 22.3 Å². The number of anilines is 3. The number of esters is 1. The van der Waals surface area contributed by atoms with Gasteiger partial charge in [0.1, 0.15) is 11.5 Å². The van der Waals surface area contributed by atoms with E-state index in [1.165, 1.54) is 0 Å². The van der Waals surface area contributed by atoms with Gasteiger partial charge in [-0.15, -0.1) is 0 Å². The van der Waals surface area contributed by atoms with Crippen LogP contribution in [0.3, 0.4) is 0 Å². The molecule has 0 aliphatic carbocycles. The summed E-state index contributed by atoms with van der Waals surface area (Å²) in [4.78, 5) is 13.7. The normalized spacial score (nSPS) is 11.5. The van der Waals surface area contributed by atoms with Crippen LogP contribution in [0.2, 0.25) is 0 Å². The van der Waals surface area contributed by atoms with E-state index < -0.39 is 12.3 Å². The molecular formula is C37H33NO4. The Labute approximate surface area is 246 Å². The molecule has 0 radical (unpaired) electrons. The van der Waals surface area contributed by atoms with Crippen molar-refractivity contribution in [1.29, 1.82) is 0 Å². The van der Waals surface area contributed by atoms with Gasteiger partial charge in [-0.2, -0.15) is 0 Å². The van der Waals surface area contributed by atoms with Crippen molar-refractivity contribution in [3.8, 4) is 33.8 Å². The zero-order valence-electron chi connectivity index (χ0n) is 23.7. The number of aliphatic hydroxyl groups excluding tert-OH is 1. The highest BCUT2D eigenvalue weighted by atomic mass is 16.6. The maximum atomic E-state index is 11.5. The van der Waals surface area contributed by atoms with Gasteiger partial charge in [-0.25, -0.2) is 4.79 Å². The molecule has 0 aliphatic rings. The third kappa shape index (κ3) is 6.77. The van der Waals surface area contributed by atoms with Gasteiger partial charge < -0.3 is 19.5 Å². The molecule has 210 valence electrons. The smallest absolute Gasteiger partial charge is 0.335 e. The van der Waals surface area contributed by atoms with Crippen LogP contribution in [0.15, 0.2) is 140 Å². The quantitative estimate of drug-likeness (QED) is 0.0807. The molecular weight excluding hydrogens is 522 g/mol. The monoisotopic (exact) mass is 555 g/mol. The minimum Gasteiger partial charge on any atom is -0.465 e. The molecule has 0 spiro atoms. The van der Waals surface area contributed by atoms with E-state index in [1.54, 1.807) is 12.1 Å². The molecule has 0 heterocycles. The van der Waals surface area contributed by atoms with Gasteiger partial charge in [0.2, 0.25) is 0 Å². The van der Waals surface area contributed by atoms with Gasteiger partial charge in [0.05, 0.1) is 0 Å². The average Bonchev–Trinajstić information content (AvgIpc) is 3.03. The highest BCUT2D eigenvalue weighted by Crippen LogP contribution is 2.37. The number of rotatable bonds is 10. The van der Waals surface area contributed by atoms with Crippen LogP contribution in [-0.2, 0) is 4.79 Å². The molecule has 0 bridgehead atoms. The molecule has 0 aromatic heterocycles. The standard InChI is InChI=1S/C37H33NO4/c1-4-36(39)41-34-22-14-30(15-23-34)29-12-18-32(19-13-29)38(33-20-24-35(25-21-33)42-37(40)26(2)3)31-16-10-28(11-17-31)27-8-6-5-7-9-27/h4-26,37,40H,1H2,2-3H3/t37-/m0/s1. The predicted molar refractivity (Wildman–Crippen MR) is 169 cm³/mol. The Hall–Kier alpha value is -5.13. The van der Waals surface area contributed by atoms with Crippen LogP contribution in [0.1, 0.15) is 13.8 Å². The highest BCUT2D eigenvalue weighted by molar-refractivity contribution is 5.83. The van der Waals surface area contributed by atoms with Crippen LogP contribution in [0.4, 0.5) is 17.1 Å². The number of hydrogen-bond acceptors (Lipinski definition) is 5. The van der Waals surface area contributed by atoms with Crippen molar-refractivity contribution in [1.82, 2.24) is 0 Å². The van der Waals surface area contributed by atoms with Crippen molar-refractivity contribution < 1.29 is 19.4 Å². The van der Waals surface area contributed by atoms with Gasteiger partial charge in [-0.3, -0.25) is 0 Å². The molecule has 0 saturated carbocycles. The molecule has 42 heavy (non-hydrogen) atoms. The van der Waals surface area contributed by atoms with E-state index in [0.717, 1.165) is 45.4 Å². The fraction of sp³-hybridized carbons (Fsp3) is 0.108. The third-order valence-corrected chi connectivity index (χ3v) is 6.85. The molecule has 5 heteroatoms. The summed E-state index contributed by atoms with van der Waals surface area (Å²) in [5, 5.41) is 10.2. The fourth-order valence-corrected chi connectivity index (χ4v) is 4.51.